The average molecular weight is 165 g/mol. The van der Waals surface area contributed by atoms with E-state index in [1.54, 1.807) is 0 Å². The van der Waals surface area contributed by atoms with Gasteiger partial charge in [-0.25, -0.2) is 8.42 Å². The zero-order valence-electron chi connectivity index (χ0n) is 5.83. The first-order valence-electron chi connectivity index (χ1n) is 2.84. The molecule has 0 heterocycles. The van der Waals surface area contributed by atoms with Crippen LogP contribution in [-0.2, 0) is 14.9 Å². The first kappa shape index (κ1) is 9.58. The zero-order valence-corrected chi connectivity index (χ0v) is 6.64. The molecule has 0 saturated carbocycles. The number of hydrogen-bond acceptors (Lipinski definition) is 4. The van der Waals surface area contributed by atoms with Gasteiger partial charge in [-0.1, -0.05) is 6.92 Å². The van der Waals surface area contributed by atoms with Crippen LogP contribution in [0.4, 0.5) is 0 Å². The maximum Gasteiger partial charge on any atom is 0.146 e. The van der Waals surface area contributed by atoms with Crippen molar-refractivity contribution in [1.29, 1.82) is 0 Å². The Morgan fingerprint density at radius 3 is 2.00 bits per heavy atom. The molecule has 0 amide bonds. The van der Waals surface area contributed by atoms with Crippen LogP contribution in [0.15, 0.2) is 0 Å². The fraction of sp³-hybridized carbons (Fsp3) is 0.800. The second kappa shape index (κ2) is 3.12. The Morgan fingerprint density at radius 1 is 1.60 bits per heavy atom. The molecule has 0 aliphatic carbocycles. The molecule has 0 aromatic rings. The van der Waals surface area contributed by atoms with Crippen LogP contribution in [0.5, 0.6) is 0 Å². The lowest BCUT2D eigenvalue weighted by Gasteiger charge is -2.14. The maximum atomic E-state index is 10.4. The molecule has 0 spiro atoms. The van der Waals surface area contributed by atoms with E-state index in [1.807, 2.05) is 0 Å². The van der Waals surface area contributed by atoms with Crippen molar-refractivity contribution in [2.45, 2.75) is 25.5 Å². The fourth-order valence-corrected chi connectivity index (χ4v) is 1.51. The van der Waals surface area contributed by atoms with Crippen molar-refractivity contribution >= 4 is 15.9 Å². The summed E-state index contributed by atoms with van der Waals surface area (Å²) in [6.07, 6.45) is 0.0567. The normalized spacial score (nSPS) is 14.7. The lowest BCUT2D eigenvalue weighted by Crippen LogP contribution is -2.27. The van der Waals surface area contributed by atoms with Gasteiger partial charge >= 0.3 is 0 Å². The van der Waals surface area contributed by atoms with Gasteiger partial charge < -0.3 is 4.55 Å². The molecule has 4 nitrogen and oxygen atoms in total. The highest BCUT2D eigenvalue weighted by molar-refractivity contribution is 7.87. The van der Waals surface area contributed by atoms with Gasteiger partial charge in [0.15, 0.2) is 0 Å². The smallest absolute Gasteiger partial charge is 0.146 e. The Morgan fingerprint density at radius 2 is 2.00 bits per heavy atom. The van der Waals surface area contributed by atoms with Gasteiger partial charge in [0, 0.05) is 0 Å². The third kappa shape index (κ3) is 2.45. The first-order valence-corrected chi connectivity index (χ1v) is 4.32. The van der Waals surface area contributed by atoms with Crippen molar-refractivity contribution in [3.05, 3.63) is 0 Å². The highest BCUT2D eigenvalue weighted by Crippen LogP contribution is 2.03. The van der Waals surface area contributed by atoms with Crippen LogP contribution in [0, 0.1) is 0 Å². The van der Waals surface area contributed by atoms with Crippen molar-refractivity contribution in [1.82, 2.24) is 0 Å². The largest absolute Gasteiger partial charge is 0.747 e. The summed E-state index contributed by atoms with van der Waals surface area (Å²) in [6.45, 7) is 2.59. The van der Waals surface area contributed by atoms with Gasteiger partial charge in [-0.3, -0.25) is 4.79 Å². The standard InChI is InChI=1S/C5H10O4S/c1-3-5(4(2)6)10(7,8)9/h5H,3H2,1-2H3,(H,7,8,9)/p-1. The molecule has 1 unspecified atom stereocenters. The van der Waals surface area contributed by atoms with E-state index in [2.05, 4.69) is 0 Å². The number of carbonyl (C=O) groups is 1. The van der Waals surface area contributed by atoms with Crippen LogP contribution in [0.2, 0.25) is 0 Å². The van der Waals surface area contributed by atoms with E-state index < -0.39 is 21.2 Å². The summed E-state index contributed by atoms with van der Waals surface area (Å²) >= 11 is 0. The van der Waals surface area contributed by atoms with Crippen LogP contribution in [0.1, 0.15) is 20.3 Å². The third-order valence-electron chi connectivity index (χ3n) is 1.17. The van der Waals surface area contributed by atoms with Gasteiger partial charge in [0.2, 0.25) is 0 Å². The van der Waals surface area contributed by atoms with Crippen LogP contribution >= 0.6 is 0 Å². The summed E-state index contributed by atoms with van der Waals surface area (Å²) in [7, 11) is -4.41. The molecule has 0 radical (unpaired) electrons. The third-order valence-corrected chi connectivity index (χ3v) is 2.53. The Kier molecular flexibility index (Phi) is 2.98. The molecule has 0 aliphatic heterocycles. The molecule has 5 heteroatoms. The summed E-state index contributed by atoms with van der Waals surface area (Å²) in [5, 5.41) is -1.35. The van der Waals surface area contributed by atoms with E-state index in [0.29, 0.717) is 0 Å². The highest BCUT2D eigenvalue weighted by Gasteiger charge is 2.18. The molecular formula is C5H9O4S-. The van der Waals surface area contributed by atoms with Gasteiger partial charge in [-0.2, -0.15) is 0 Å². The van der Waals surface area contributed by atoms with Crippen molar-refractivity contribution < 1.29 is 17.8 Å². The van der Waals surface area contributed by atoms with Crippen molar-refractivity contribution in [2.24, 2.45) is 0 Å². The fourth-order valence-electron chi connectivity index (χ4n) is 0.695. The van der Waals surface area contributed by atoms with E-state index in [-0.39, 0.29) is 6.42 Å². The molecule has 10 heavy (non-hydrogen) atoms. The predicted molar refractivity (Wildman–Crippen MR) is 34.5 cm³/mol. The summed E-state index contributed by atoms with van der Waals surface area (Å²) in [4.78, 5) is 10.4. The van der Waals surface area contributed by atoms with E-state index >= 15 is 0 Å². The van der Waals surface area contributed by atoms with Crippen LogP contribution < -0.4 is 0 Å². The minimum Gasteiger partial charge on any atom is -0.747 e. The SMILES string of the molecule is CCC(C(C)=O)S(=O)(=O)[O-]. The lowest BCUT2D eigenvalue weighted by molar-refractivity contribution is -0.116. The Bertz CT molecular complexity index is 216. The summed E-state index contributed by atoms with van der Waals surface area (Å²) < 4.78 is 30.7. The van der Waals surface area contributed by atoms with Crippen molar-refractivity contribution in [3.63, 3.8) is 0 Å². The summed E-state index contributed by atoms with van der Waals surface area (Å²) in [5.74, 6) is -0.586. The molecule has 0 aromatic carbocycles. The highest BCUT2D eigenvalue weighted by atomic mass is 32.2. The van der Waals surface area contributed by atoms with Crippen LogP contribution in [-0.4, -0.2) is 24.0 Å². The van der Waals surface area contributed by atoms with Crippen molar-refractivity contribution in [2.75, 3.05) is 0 Å². The number of hydrogen-bond donors (Lipinski definition) is 0. The van der Waals surface area contributed by atoms with Crippen molar-refractivity contribution in [3.8, 4) is 0 Å². The van der Waals surface area contributed by atoms with E-state index in [4.69, 9.17) is 0 Å². The number of Topliss-reactive ketones (excluding diaryl/α,β-unsaturated/α-hetero) is 1. The summed E-state index contributed by atoms with van der Waals surface area (Å²) in [5.41, 5.74) is 0. The van der Waals surface area contributed by atoms with Gasteiger partial charge in [0.25, 0.3) is 0 Å². The Labute approximate surface area is 60.0 Å². The first-order chi connectivity index (χ1) is 4.39. The van der Waals surface area contributed by atoms with E-state index in [0.717, 1.165) is 6.92 Å². The molecule has 1 atom stereocenters. The minimum atomic E-state index is -4.41. The van der Waals surface area contributed by atoms with Gasteiger partial charge in [0.05, 0.1) is 0 Å². The molecule has 60 valence electrons. The van der Waals surface area contributed by atoms with Crippen LogP contribution in [0.3, 0.4) is 0 Å². The Balaban J connectivity index is 4.55. The summed E-state index contributed by atoms with van der Waals surface area (Å²) in [6, 6.07) is 0. The quantitative estimate of drug-likeness (QED) is 0.547. The Hall–Kier alpha value is -0.420. The second-order valence-electron chi connectivity index (χ2n) is 2.00. The predicted octanol–water partition coefficient (Wildman–Crippen LogP) is -0.101. The van der Waals surface area contributed by atoms with Gasteiger partial charge in [0.1, 0.15) is 21.2 Å². The molecule has 0 aromatic heterocycles. The molecule has 0 aliphatic rings. The zero-order chi connectivity index (χ0) is 8.36. The van der Waals surface area contributed by atoms with E-state index in [9.17, 15) is 17.8 Å². The van der Waals surface area contributed by atoms with Gasteiger partial charge in [-0.05, 0) is 13.3 Å². The number of carbonyl (C=O) groups excluding carboxylic acids is 1. The maximum absolute atomic E-state index is 10.4. The molecular weight excluding hydrogens is 156 g/mol. The lowest BCUT2D eigenvalue weighted by atomic mass is 10.2. The molecule has 0 saturated heterocycles. The van der Waals surface area contributed by atoms with E-state index in [1.165, 1.54) is 6.92 Å². The molecule has 0 rings (SSSR count). The second-order valence-corrected chi connectivity index (χ2v) is 3.55. The number of rotatable bonds is 3. The molecule has 0 N–H and O–H groups in total. The molecule has 0 fully saturated rings. The monoisotopic (exact) mass is 165 g/mol. The molecule has 0 bridgehead atoms. The average Bonchev–Trinajstić information content (AvgIpc) is 1.60. The topological polar surface area (TPSA) is 74.3 Å². The number of ketones is 1. The minimum absolute atomic E-state index is 0.0567. The van der Waals surface area contributed by atoms with Crippen LogP contribution in [0.25, 0.3) is 0 Å². The van der Waals surface area contributed by atoms with Gasteiger partial charge in [-0.15, -0.1) is 0 Å².